The Kier molecular flexibility index (Phi) is 3.37. The molecule has 1 heterocycles. The van der Waals surface area contributed by atoms with Gasteiger partial charge in [0.05, 0.1) is 5.56 Å². The van der Waals surface area contributed by atoms with Gasteiger partial charge in [-0.3, -0.25) is 5.41 Å². The zero-order valence-electron chi connectivity index (χ0n) is 12.4. The van der Waals surface area contributed by atoms with Crippen molar-refractivity contribution in [2.45, 2.75) is 33.1 Å². The molecule has 1 aromatic carbocycles. The fourth-order valence-corrected chi connectivity index (χ4v) is 2.83. The SMILES string of the molecule is Cc1cc(C)cc(Oc2nc3c(cc2C(=N)N)CCC3)c1. The normalized spacial score (nSPS) is 13.0. The average molecular weight is 281 g/mol. The van der Waals surface area contributed by atoms with Gasteiger partial charge in [0.1, 0.15) is 11.6 Å². The summed E-state index contributed by atoms with van der Waals surface area (Å²) in [6.07, 6.45) is 3.08. The third-order valence-electron chi connectivity index (χ3n) is 3.72. The molecular weight excluding hydrogens is 262 g/mol. The monoisotopic (exact) mass is 281 g/mol. The van der Waals surface area contributed by atoms with Crippen LogP contribution in [-0.4, -0.2) is 10.8 Å². The number of pyridine rings is 1. The lowest BCUT2D eigenvalue weighted by atomic mass is 10.1. The molecule has 4 nitrogen and oxygen atoms in total. The van der Waals surface area contributed by atoms with E-state index in [1.54, 1.807) is 0 Å². The Morgan fingerprint density at radius 3 is 2.52 bits per heavy atom. The van der Waals surface area contributed by atoms with Gasteiger partial charge in [-0.05, 0) is 68.0 Å². The van der Waals surface area contributed by atoms with E-state index >= 15 is 0 Å². The number of aryl methyl sites for hydroxylation is 4. The molecule has 0 atom stereocenters. The van der Waals surface area contributed by atoms with Gasteiger partial charge in [0.2, 0.25) is 5.88 Å². The first-order chi connectivity index (χ1) is 10.0. The second-order valence-corrected chi connectivity index (χ2v) is 5.64. The molecule has 2 aromatic rings. The fourth-order valence-electron chi connectivity index (χ4n) is 2.83. The number of benzene rings is 1. The molecule has 4 heteroatoms. The van der Waals surface area contributed by atoms with Gasteiger partial charge in [-0.25, -0.2) is 4.98 Å². The van der Waals surface area contributed by atoms with Crippen LogP contribution in [0.25, 0.3) is 0 Å². The highest BCUT2D eigenvalue weighted by atomic mass is 16.5. The molecule has 0 saturated carbocycles. The predicted molar refractivity (Wildman–Crippen MR) is 83.3 cm³/mol. The van der Waals surface area contributed by atoms with E-state index in [4.69, 9.17) is 15.9 Å². The topological polar surface area (TPSA) is 72.0 Å². The molecule has 0 bridgehead atoms. The molecule has 0 spiro atoms. The third kappa shape index (κ3) is 2.75. The highest BCUT2D eigenvalue weighted by molar-refractivity contribution is 5.97. The van der Waals surface area contributed by atoms with Gasteiger partial charge < -0.3 is 10.5 Å². The van der Waals surface area contributed by atoms with Crippen LogP contribution in [0.4, 0.5) is 0 Å². The summed E-state index contributed by atoms with van der Waals surface area (Å²) in [7, 11) is 0. The van der Waals surface area contributed by atoms with Gasteiger partial charge in [0.25, 0.3) is 0 Å². The number of aromatic nitrogens is 1. The summed E-state index contributed by atoms with van der Waals surface area (Å²) in [5.74, 6) is 1.17. The highest BCUT2D eigenvalue weighted by Gasteiger charge is 2.19. The third-order valence-corrected chi connectivity index (χ3v) is 3.72. The quantitative estimate of drug-likeness (QED) is 0.670. The standard InChI is InChI=1S/C17H19N3O/c1-10-6-11(2)8-13(7-10)21-17-14(16(18)19)9-12-4-3-5-15(12)20-17/h6-9H,3-5H2,1-2H3,(H3,18,19). The summed E-state index contributed by atoms with van der Waals surface area (Å²) in [5.41, 5.74) is 10.8. The molecule has 21 heavy (non-hydrogen) atoms. The summed E-state index contributed by atoms with van der Waals surface area (Å²) in [6, 6.07) is 7.97. The summed E-state index contributed by atoms with van der Waals surface area (Å²) in [5, 5.41) is 7.75. The number of ether oxygens (including phenoxy) is 1. The molecular formula is C17H19N3O. The van der Waals surface area contributed by atoms with E-state index in [1.807, 2.05) is 32.0 Å². The minimum atomic E-state index is -0.00317. The second-order valence-electron chi connectivity index (χ2n) is 5.64. The second kappa shape index (κ2) is 5.20. The molecule has 3 rings (SSSR count). The minimum absolute atomic E-state index is 0.00317. The lowest BCUT2D eigenvalue weighted by Gasteiger charge is -2.12. The smallest absolute Gasteiger partial charge is 0.230 e. The Labute approximate surface area is 124 Å². The Bertz CT molecular complexity index is 702. The van der Waals surface area contributed by atoms with Gasteiger partial charge in [0, 0.05) is 5.69 Å². The first kappa shape index (κ1) is 13.6. The molecule has 3 N–H and O–H groups in total. The van der Waals surface area contributed by atoms with E-state index in [-0.39, 0.29) is 5.84 Å². The number of nitrogen functional groups attached to an aromatic ring is 1. The van der Waals surface area contributed by atoms with Crippen molar-refractivity contribution in [2.75, 3.05) is 0 Å². The number of nitrogens with zero attached hydrogens (tertiary/aromatic N) is 1. The largest absolute Gasteiger partial charge is 0.438 e. The van der Waals surface area contributed by atoms with E-state index < -0.39 is 0 Å². The van der Waals surface area contributed by atoms with Gasteiger partial charge in [0.15, 0.2) is 0 Å². The molecule has 0 radical (unpaired) electrons. The van der Waals surface area contributed by atoms with E-state index in [0.29, 0.717) is 11.4 Å². The van der Waals surface area contributed by atoms with Crippen LogP contribution in [0.1, 0.15) is 34.4 Å². The van der Waals surface area contributed by atoms with Crippen LogP contribution in [-0.2, 0) is 12.8 Å². The number of hydrogen-bond donors (Lipinski definition) is 2. The Balaban J connectivity index is 2.03. The number of amidine groups is 1. The van der Waals surface area contributed by atoms with E-state index in [0.717, 1.165) is 41.8 Å². The molecule has 0 aliphatic heterocycles. The van der Waals surface area contributed by atoms with Crippen LogP contribution < -0.4 is 10.5 Å². The lowest BCUT2D eigenvalue weighted by molar-refractivity contribution is 0.459. The molecule has 108 valence electrons. The Morgan fingerprint density at radius 2 is 1.86 bits per heavy atom. The summed E-state index contributed by atoms with van der Waals surface area (Å²) in [4.78, 5) is 4.59. The molecule has 0 amide bonds. The number of fused-ring (bicyclic) bond motifs is 1. The lowest BCUT2D eigenvalue weighted by Crippen LogP contribution is -2.14. The van der Waals surface area contributed by atoms with Crippen molar-refractivity contribution >= 4 is 5.84 Å². The number of nitrogens with two attached hydrogens (primary N) is 1. The van der Waals surface area contributed by atoms with E-state index in [1.165, 1.54) is 5.56 Å². The van der Waals surface area contributed by atoms with E-state index in [9.17, 15) is 0 Å². The molecule has 1 aliphatic rings. The first-order valence-electron chi connectivity index (χ1n) is 7.16. The van der Waals surface area contributed by atoms with Crippen molar-refractivity contribution in [1.29, 1.82) is 5.41 Å². The minimum Gasteiger partial charge on any atom is -0.438 e. The number of hydrogen-bond acceptors (Lipinski definition) is 3. The number of nitrogens with one attached hydrogen (secondary N) is 1. The molecule has 1 aliphatic carbocycles. The van der Waals surface area contributed by atoms with Gasteiger partial charge in [-0.15, -0.1) is 0 Å². The van der Waals surface area contributed by atoms with Crippen molar-refractivity contribution in [1.82, 2.24) is 4.98 Å². The molecule has 1 aromatic heterocycles. The van der Waals surface area contributed by atoms with E-state index in [2.05, 4.69) is 11.1 Å². The van der Waals surface area contributed by atoms with Crippen LogP contribution in [0.2, 0.25) is 0 Å². The maximum atomic E-state index is 7.75. The summed E-state index contributed by atoms with van der Waals surface area (Å²) < 4.78 is 5.93. The first-order valence-corrected chi connectivity index (χ1v) is 7.16. The van der Waals surface area contributed by atoms with Crippen molar-refractivity contribution in [3.63, 3.8) is 0 Å². The Morgan fingerprint density at radius 1 is 1.14 bits per heavy atom. The van der Waals surface area contributed by atoms with Crippen LogP contribution in [0.15, 0.2) is 24.3 Å². The highest BCUT2D eigenvalue weighted by Crippen LogP contribution is 2.30. The summed E-state index contributed by atoms with van der Waals surface area (Å²) in [6.45, 7) is 4.06. The van der Waals surface area contributed by atoms with Crippen molar-refractivity contribution in [3.8, 4) is 11.6 Å². The maximum absolute atomic E-state index is 7.75. The maximum Gasteiger partial charge on any atom is 0.230 e. The van der Waals surface area contributed by atoms with Crippen LogP contribution in [0.3, 0.4) is 0 Å². The van der Waals surface area contributed by atoms with Gasteiger partial charge in [-0.1, -0.05) is 6.07 Å². The van der Waals surface area contributed by atoms with Crippen molar-refractivity contribution in [2.24, 2.45) is 5.73 Å². The van der Waals surface area contributed by atoms with Gasteiger partial charge >= 0.3 is 0 Å². The van der Waals surface area contributed by atoms with Crippen LogP contribution in [0, 0.1) is 19.3 Å². The predicted octanol–water partition coefficient (Wildman–Crippen LogP) is 3.26. The Hall–Kier alpha value is -2.36. The zero-order chi connectivity index (χ0) is 15.0. The average Bonchev–Trinajstić information content (AvgIpc) is 2.83. The molecule has 0 unspecified atom stereocenters. The fraction of sp³-hybridized carbons (Fsp3) is 0.294. The van der Waals surface area contributed by atoms with Crippen molar-refractivity contribution < 1.29 is 4.74 Å². The molecule has 0 saturated heterocycles. The zero-order valence-corrected chi connectivity index (χ0v) is 12.4. The number of rotatable bonds is 3. The van der Waals surface area contributed by atoms with Crippen LogP contribution in [0.5, 0.6) is 11.6 Å². The van der Waals surface area contributed by atoms with Gasteiger partial charge in [-0.2, -0.15) is 0 Å². The summed E-state index contributed by atoms with van der Waals surface area (Å²) >= 11 is 0. The molecule has 0 fully saturated rings. The van der Waals surface area contributed by atoms with Crippen molar-refractivity contribution in [3.05, 3.63) is 52.2 Å². The van der Waals surface area contributed by atoms with Crippen LogP contribution >= 0.6 is 0 Å².